The summed E-state index contributed by atoms with van der Waals surface area (Å²) in [4.78, 5) is 21.7. The number of aryl methyl sites for hydroxylation is 2. The number of nitrogens with one attached hydrogen (secondary N) is 2. The van der Waals surface area contributed by atoms with E-state index in [2.05, 4.69) is 38.4 Å². The molecule has 2 aromatic carbocycles. The van der Waals surface area contributed by atoms with Crippen LogP contribution in [0.3, 0.4) is 0 Å². The number of aliphatic hydroxyl groups excluding tert-OH is 2. The number of imidazole rings is 1. The summed E-state index contributed by atoms with van der Waals surface area (Å²) < 4.78 is 17.9. The first-order chi connectivity index (χ1) is 13.8. The molecule has 29 heavy (non-hydrogen) atoms. The maximum Gasteiger partial charge on any atom is 0.277 e. The van der Waals surface area contributed by atoms with Gasteiger partial charge in [0.15, 0.2) is 5.82 Å². The number of benzene rings is 2. The van der Waals surface area contributed by atoms with E-state index in [1.807, 2.05) is 19.1 Å². The summed E-state index contributed by atoms with van der Waals surface area (Å²) in [5.74, 6) is -1.37. The Bertz CT molecular complexity index is 1060. The van der Waals surface area contributed by atoms with Crippen LogP contribution in [0.15, 0.2) is 30.6 Å². The summed E-state index contributed by atoms with van der Waals surface area (Å²) in [5.41, 5.74) is 4.23. The lowest BCUT2D eigenvalue weighted by Crippen LogP contribution is -2.30. The molecule has 0 aliphatic heterocycles. The number of aromatic nitrogens is 2. The maximum atomic E-state index is 15.3. The van der Waals surface area contributed by atoms with E-state index in [1.165, 1.54) is 12.4 Å². The molecule has 1 aromatic heterocycles. The van der Waals surface area contributed by atoms with Crippen LogP contribution in [0, 0.1) is 16.3 Å². The predicted octanol–water partition coefficient (Wildman–Crippen LogP) is 2.38. The largest absolute Gasteiger partial charge is 0.394 e. The zero-order valence-electron chi connectivity index (χ0n) is 15.7. The van der Waals surface area contributed by atoms with E-state index in [9.17, 15) is 9.90 Å². The van der Waals surface area contributed by atoms with Crippen molar-refractivity contribution < 1.29 is 24.2 Å². The molecular formula is C19H20FIN4O4. The van der Waals surface area contributed by atoms with Crippen LogP contribution < -0.4 is 10.8 Å². The molecule has 0 spiro atoms. The number of hydrogen-bond donors (Lipinski definition) is 4. The highest BCUT2D eigenvalue weighted by atomic mass is 127. The monoisotopic (exact) mass is 514 g/mol. The molecule has 1 heterocycles. The minimum absolute atomic E-state index is 0.00929. The summed E-state index contributed by atoms with van der Waals surface area (Å²) in [6.45, 7) is 1.06. The topological polar surface area (TPSA) is 109 Å². The van der Waals surface area contributed by atoms with Crippen LogP contribution in [-0.2, 0) is 11.9 Å². The van der Waals surface area contributed by atoms with Gasteiger partial charge in [-0.15, -0.1) is 0 Å². The van der Waals surface area contributed by atoms with Crippen molar-refractivity contribution in [1.29, 1.82) is 0 Å². The predicted molar refractivity (Wildman–Crippen MR) is 114 cm³/mol. The molecule has 3 aromatic rings. The third-order valence-electron chi connectivity index (χ3n) is 4.30. The van der Waals surface area contributed by atoms with Gasteiger partial charge in [0.25, 0.3) is 5.91 Å². The van der Waals surface area contributed by atoms with E-state index in [4.69, 9.17) is 9.94 Å². The first-order valence-corrected chi connectivity index (χ1v) is 9.77. The minimum Gasteiger partial charge on any atom is -0.394 e. The van der Waals surface area contributed by atoms with Gasteiger partial charge in [-0.1, -0.05) is 0 Å². The number of fused-ring (bicyclic) bond motifs is 1. The number of rotatable bonds is 7. The van der Waals surface area contributed by atoms with E-state index < -0.39 is 24.4 Å². The van der Waals surface area contributed by atoms with Crippen molar-refractivity contribution in [3.05, 3.63) is 51.1 Å². The summed E-state index contributed by atoms with van der Waals surface area (Å²) in [5, 5.41) is 21.1. The van der Waals surface area contributed by atoms with Crippen LogP contribution in [0.4, 0.5) is 15.8 Å². The molecule has 0 fully saturated rings. The Labute approximate surface area is 179 Å². The van der Waals surface area contributed by atoms with Crippen LogP contribution >= 0.6 is 22.6 Å². The Kier molecular flexibility index (Phi) is 6.67. The summed E-state index contributed by atoms with van der Waals surface area (Å²) >= 11 is 2.18. The first kappa shape index (κ1) is 21.4. The van der Waals surface area contributed by atoms with Gasteiger partial charge in [-0.3, -0.25) is 9.63 Å². The number of aliphatic hydroxyl groups is 2. The van der Waals surface area contributed by atoms with Gasteiger partial charge in [0.05, 0.1) is 29.7 Å². The van der Waals surface area contributed by atoms with Crippen molar-refractivity contribution in [3.8, 4) is 0 Å². The zero-order chi connectivity index (χ0) is 21.1. The Balaban J connectivity index is 2.00. The van der Waals surface area contributed by atoms with Gasteiger partial charge in [-0.05, 0) is 59.3 Å². The maximum absolute atomic E-state index is 15.3. The number of carbonyl (C=O) groups excluding carboxylic acids is 1. The molecule has 1 atom stereocenters. The highest BCUT2D eigenvalue weighted by Crippen LogP contribution is 2.32. The second kappa shape index (κ2) is 9.03. The van der Waals surface area contributed by atoms with E-state index >= 15 is 4.39 Å². The molecule has 0 saturated heterocycles. The third-order valence-corrected chi connectivity index (χ3v) is 4.98. The number of hydroxylamine groups is 1. The summed E-state index contributed by atoms with van der Waals surface area (Å²) in [7, 11) is 1.70. The smallest absolute Gasteiger partial charge is 0.277 e. The van der Waals surface area contributed by atoms with Gasteiger partial charge in [-0.25, -0.2) is 14.9 Å². The van der Waals surface area contributed by atoms with Gasteiger partial charge in [0.2, 0.25) is 0 Å². The summed E-state index contributed by atoms with van der Waals surface area (Å²) in [6.07, 6.45) is 0.322. The fraction of sp³-hybridized carbons (Fsp3) is 0.263. The molecule has 0 saturated carbocycles. The van der Waals surface area contributed by atoms with Gasteiger partial charge in [-0.2, -0.15) is 0 Å². The number of anilines is 2. The molecule has 1 amide bonds. The lowest BCUT2D eigenvalue weighted by Gasteiger charge is -2.16. The fourth-order valence-corrected chi connectivity index (χ4v) is 3.39. The molecule has 0 bridgehead atoms. The Morgan fingerprint density at radius 1 is 1.41 bits per heavy atom. The lowest BCUT2D eigenvalue weighted by molar-refractivity contribution is -0.0295. The molecule has 10 heteroatoms. The van der Waals surface area contributed by atoms with Gasteiger partial charge in [0, 0.05) is 16.3 Å². The van der Waals surface area contributed by atoms with Gasteiger partial charge < -0.3 is 20.1 Å². The molecule has 0 aliphatic carbocycles. The van der Waals surface area contributed by atoms with E-state index in [0.29, 0.717) is 11.2 Å². The van der Waals surface area contributed by atoms with Crippen LogP contribution in [0.5, 0.6) is 0 Å². The molecule has 1 unspecified atom stereocenters. The molecular weight excluding hydrogens is 494 g/mol. The fourth-order valence-electron chi connectivity index (χ4n) is 2.74. The standard InChI is InChI=1S/C19H20FIN4O4/c1-10-5-11(21)3-4-14(10)23-17-13(19(28)24-29-8-12(27)7-26)6-15-18(16(17)20)22-9-25(15)2/h3-6,9,12,23,26-27H,7-8H2,1-2H3,(H,24,28). The van der Waals surface area contributed by atoms with Crippen LogP contribution in [0.2, 0.25) is 0 Å². The van der Waals surface area contributed by atoms with Crippen LogP contribution in [0.1, 0.15) is 15.9 Å². The normalized spacial score (nSPS) is 12.2. The zero-order valence-corrected chi connectivity index (χ0v) is 17.9. The number of carbonyl (C=O) groups is 1. The highest BCUT2D eigenvalue weighted by molar-refractivity contribution is 14.1. The Morgan fingerprint density at radius 2 is 2.17 bits per heavy atom. The first-order valence-electron chi connectivity index (χ1n) is 8.69. The second-order valence-electron chi connectivity index (χ2n) is 6.50. The van der Waals surface area contributed by atoms with Crippen molar-refractivity contribution in [2.24, 2.45) is 7.05 Å². The molecule has 0 radical (unpaired) electrons. The van der Waals surface area contributed by atoms with Crippen molar-refractivity contribution in [2.75, 3.05) is 18.5 Å². The van der Waals surface area contributed by atoms with E-state index in [1.54, 1.807) is 17.7 Å². The average Bonchev–Trinajstić information content (AvgIpc) is 3.06. The Morgan fingerprint density at radius 3 is 2.86 bits per heavy atom. The van der Waals surface area contributed by atoms with Crippen LogP contribution in [0.25, 0.3) is 11.0 Å². The van der Waals surface area contributed by atoms with E-state index in [-0.39, 0.29) is 23.4 Å². The molecule has 3 rings (SSSR count). The minimum atomic E-state index is -1.14. The highest BCUT2D eigenvalue weighted by Gasteiger charge is 2.22. The van der Waals surface area contributed by atoms with Crippen molar-refractivity contribution >= 4 is 50.9 Å². The average molecular weight is 514 g/mol. The SMILES string of the molecule is Cc1cc(I)ccc1Nc1c(C(=O)NOCC(O)CO)cc2c(ncn2C)c1F. The molecule has 8 nitrogen and oxygen atoms in total. The number of hydrogen-bond acceptors (Lipinski definition) is 6. The molecule has 154 valence electrons. The second-order valence-corrected chi connectivity index (χ2v) is 7.74. The lowest BCUT2D eigenvalue weighted by atomic mass is 10.1. The third kappa shape index (κ3) is 4.66. The van der Waals surface area contributed by atoms with Crippen molar-refractivity contribution in [2.45, 2.75) is 13.0 Å². The number of halogens is 2. The van der Waals surface area contributed by atoms with Crippen molar-refractivity contribution in [3.63, 3.8) is 0 Å². The number of amides is 1. The van der Waals surface area contributed by atoms with Crippen LogP contribution in [-0.4, -0.2) is 45.0 Å². The van der Waals surface area contributed by atoms with Gasteiger partial charge >= 0.3 is 0 Å². The van der Waals surface area contributed by atoms with Crippen molar-refractivity contribution in [1.82, 2.24) is 15.0 Å². The molecule has 4 N–H and O–H groups in total. The quantitative estimate of drug-likeness (QED) is 0.285. The number of nitrogens with zero attached hydrogens (tertiary/aromatic N) is 2. The summed E-state index contributed by atoms with van der Waals surface area (Å²) in [6, 6.07) is 7.11. The molecule has 0 aliphatic rings. The van der Waals surface area contributed by atoms with Gasteiger partial charge in [0.1, 0.15) is 18.2 Å². The van der Waals surface area contributed by atoms with E-state index in [0.717, 1.165) is 9.13 Å². The Hall–Kier alpha value is -2.28.